The Labute approximate surface area is 164 Å². The van der Waals surface area contributed by atoms with Gasteiger partial charge in [0.2, 0.25) is 0 Å². The van der Waals surface area contributed by atoms with Crippen molar-refractivity contribution in [2.75, 3.05) is 24.6 Å². The lowest BCUT2D eigenvalue weighted by Crippen LogP contribution is -2.41. The maximum Gasteiger partial charge on any atom is 0.348 e. The Kier molecular flexibility index (Phi) is 5.72. The minimum atomic E-state index is -1.25. The van der Waals surface area contributed by atoms with Gasteiger partial charge in [-0.3, -0.25) is 4.79 Å². The van der Waals surface area contributed by atoms with Gasteiger partial charge in [0.1, 0.15) is 5.57 Å². The number of benzene rings is 1. The zero-order valence-corrected chi connectivity index (χ0v) is 16.4. The van der Waals surface area contributed by atoms with E-state index in [0.29, 0.717) is 12.2 Å². The number of hydrogen-bond donors (Lipinski definition) is 0. The molecule has 2 heterocycles. The van der Waals surface area contributed by atoms with E-state index >= 15 is 0 Å². The summed E-state index contributed by atoms with van der Waals surface area (Å²) in [7, 11) is 0. The summed E-state index contributed by atoms with van der Waals surface area (Å²) >= 11 is 0. The van der Waals surface area contributed by atoms with Crippen molar-refractivity contribution in [3.63, 3.8) is 0 Å². The summed E-state index contributed by atoms with van der Waals surface area (Å²) in [5.41, 5.74) is 1.61. The van der Waals surface area contributed by atoms with E-state index in [4.69, 9.17) is 14.2 Å². The van der Waals surface area contributed by atoms with Crippen molar-refractivity contribution in [2.45, 2.75) is 39.4 Å². The highest BCUT2D eigenvalue weighted by molar-refractivity contribution is 6.18. The van der Waals surface area contributed by atoms with Crippen molar-refractivity contribution in [1.29, 1.82) is 0 Å². The molecule has 0 radical (unpaired) electrons. The predicted octanol–water partition coefficient (Wildman–Crippen LogP) is 2.69. The molecule has 0 saturated carbocycles. The van der Waals surface area contributed by atoms with E-state index in [1.807, 2.05) is 31.2 Å². The molecule has 7 heteroatoms. The van der Waals surface area contributed by atoms with Crippen molar-refractivity contribution in [3.05, 3.63) is 35.4 Å². The first-order valence-electron chi connectivity index (χ1n) is 9.49. The molecule has 1 aromatic rings. The first-order chi connectivity index (χ1) is 13.3. The molecule has 0 N–H and O–H groups in total. The van der Waals surface area contributed by atoms with E-state index in [9.17, 15) is 14.4 Å². The fraction of sp³-hybridized carbons (Fsp3) is 0.476. The van der Waals surface area contributed by atoms with Crippen LogP contribution >= 0.6 is 0 Å². The predicted molar refractivity (Wildman–Crippen MR) is 102 cm³/mol. The average Bonchev–Trinajstić information content (AvgIpc) is 2.65. The highest BCUT2D eigenvalue weighted by Gasteiger charge is 2.38. The van der Waals surface area contributed by atoms with Crippen LogP contribution < -0.4 is 4.90 Å². The Balaban J connectivity index is 1.64. The largest absolute Gasteiger partial charge is 0.466 e. The Morgan fingerprint density at radius 2 is 1.71 bits per heavy atom. The number of carbonyl (C=O) groups is 3. The molecule has 0 amide bonds. The van der Waals surface area contributed by atoms with Crippen LogP contribution in [0.4, 0.5) is 5.69 Å². The third kappa shape index (κ3) is 4.52. The molecule has 0 spiro atoms. The second-order valence-corrected chi connectivity index (χ2v) is 7.34. The summed E-state index contributed by atoms with van der Waals surface area (Å²) in [4.78, 5) is 38.1. The molecule has 28 heavy (non-hydrogen) atoms. The Morgan fingerprint density at radius 1 is 1.14 bits per heavy atom. The van der Waals surface area contributed by atoms with Crippen LogP contribution in [0, 0.1) is 5.92 Å². The van der Waals surface area contributed by atoms with Gasteiger partial charge in [0.05, 0.1) is 12.5 Å². The lowest BCUT2D eigenvalue weighted by molar-refractivity contribution is -0.222. The summed E-state index contributed by atoms with van der Waals surface area (Å²) in [5, 5.41) is 0. The van der Waals surface area contributed by atoms with E-state index in [2.05, 4.69) is 4.90 Å². The van der Waals surface area contributed by atoms with Gasteiger partial charge in [-0.1, -0.05) is 12.1 Å². The molecule has 0 atom stereocenters. The summed E-state index contributed by atoms with van der Waals surface area (Å²) in [6.07, 6.45) is 2.99. The van der Waals surface area contributed by atoms with E-state index in [-0.39, 0.29) is 17.5 Å². The van der Waals surface area contributed by atoms with E-state index < -0.39 is 17.7 Å². The van der Waals surface area contributed by atoms with Crippen LogP contribution in [0.2, 0.25) is 0 Å². The van der Waals surface area contributed by atoms with Crippen LogP contribution in [0.3, 0.4) is 0 Å². The van der Waals surface area contributed by atoms with Gasteiger partial charge in [-0.05, 0) is 43.5 Å². The fourth-order valence-corrected chi connectivity index (χ4v) is 3.36. The topological polar surface area (TPSA) is 82.1 Å². The first kappa shape index (κ1) is 19.9. The molecular formula is C21H25NO6. The minimum absolute atomic E-state index is 0.0345. The van der Waals surface area contributed by atoms with Gasteiger partial charge in [0.25, 0.3) is 5.79 Å². The number of nitrogens with zero attached hydrogens (tertiary/aromatic N) is 1. The first-order valence-corrected chi connectivity index (χ1v) is 9.49. The molecule has 1 aromatic carbocycles. The van der Waals surface area contributed by atoms with Crippen molar-refractivity contribution < 1.29 is 28.6 Å². The second kappa shape index (κ2) is 8.04. The van der Waals surface area contributed by atoms with E-state index in [1.54, 1.807) is 0 Å². The molecule has 2 fully saturated rings. The van der Waals surface area contributed by atoms with E-state index in [0.717, 1.165) is 31.6 Å². The molecule has 3 rings (SSSR count). The fourth-order valence-electron chi connectivity index (χ4n) is 3.36. The van der Waals surface area contributed by atoms with Crippen LogP contribution in [0.15, 0.2) is 29.8 Å². The number of cyclic esters (lactones) is 2. The summed E-state index contributed by atoms with van der Waals surface area (Å²) in [5.74, 6) is -2.77. The molecule has 0 unspecified atom stereocenters. The lowest BCUT2D eigenvalue weighted by Gasteiger charge is -2.32. The Morgan fingerprint density at radius 3 is 2.25 bits per heavy atom. The third-order valence-electron chi connectivity index (χ3n) is 4.80. The van der Waals surface area contributed by atoms with Crippen LogP contribution in [-0.4, -0.2) is 43.4 Å². The zero-order chi connectivity index (χ0) is 20.3. The molecule has 7 nitrogen and oxygen atoms in total. The van der Waals surface area contributed by atoms with Crippen LogP contribution in [0.1, 0.15) is 39.2 Å². The Hall–Kier alpha value is -2.83. The normalized spacial score (nSPS) is 19.7. The summed E-state index contributed by atoms with van der Waals surface area (Å²) in [6, 6.07) is 7.53. The van der Waals surface area contributed by atoms with Gasteiger partial charge in [0.15, 0.2) is 0 Å². The number of anilines is 1. The van der Waals surface area contributed by atoms with Crippen molar-refractivity contribution in [2.24, 2.45) is 5.92 Å². The number of hydrogen-bond acceptors (Lipinski definition) is 7. The third-order valence-corrected chi connectivity index (χ3v) is 4.80. The molecule has 0 aliphatic carbocycles. The molecular weight excluding hydrogens is 362 g/mol. The molecule has 2 aliphatic rings. The van der Waals surface area contributed by atoms with Gasteiger partial charge in [-0.2, -0.15) is 0 Å². The molecule has 0 aromatic heterocycles. The average molecular weight is 387 g/mol. The van der Waals surface area contributed by atoms with Gasteiger partial charge in [-0.25, -0.2) is 9.59 Å². The smallest absolute Gasteiger partial charge is 0.348 e. The summed E-state index contributed by atoms with van der Waals surface area (Å²) in [6.45, 7) is 6.81. The number of rotatable bonds is 4. The van der Waals surface area contributed by atoms with Crippen molar-refractivity contribution in [1.82, 2.24) is 0 Å². The highest BCUT2D eigenvalue weighted by atomic mass is 16.7. The second-order valence-electron chi connectivity index (χ2n) is 7.34. The Bertz CT molecular complexity index is 766. The van der Waals surface area contributed by atoms with Crippen LogP contribution in [0.5, 0.6) is 0 Å². The summed E-state index contributed by atoms with van der Waals surface area (Å²) < 4.78 is 15.3. The zero-order valence-electron chi connectivity index (χ0n) is 16.4. The maximum atomic E-state index is 12.0. The van der Waals surface area contributed by atoms with Crippen LogP contribution in [0.25, 0.3) is 6.08 Å². The van der Waals surface area contributed by atoms with Gasteiger partial charge in [0, 0.05) is 32.6 Å². The number of ether oxygens (including phenoxy) is 3. The monoisotopic (exact) mass is 387 g/mol. The van der Waals surface area contributed by atoms with Crippen molar-refractivity contribution in [3.8, 4) is 0 Å². The maximum absolute atomic E-state index is 12.0. The van der Waals surface area contributed by atoms with Crippen LogP contribution in [-0.2, 0) is 28.6 Å². The molecule has 2 saturated heterocycles. The standard InChI is InChI=1S/C21H25NO6/c1-4-26-18(23)15-9-11-22(12-10-15)16-7-5-14(6-8-16)13-17-19(24)27-21(2,3)28-20(17)25/h5-8,13,15H,4,9-12H2,1-3H3. The number of esters is 3. The van der Waals surface area contributed by atoms with Crippen molar-refractivity contribution >= 4 is 29.7 Å². The quantitative estimate of drug-likeness (QED) is 0.446. The van der Waals surface area contributed by atoms with Gasteiger partial charge in [-0.15, -0.1) is 0 Å². The van der Waals surface area contributed by atoms with E-state index in [1.165, 1.54) is 19.9 Å². The molecule has 2 aliphatic heterocycles. The highest BCUT2D eigenvalue weighted by Crippen LogP contribution is 2.27. The number of carbonyl (C=O) groups excluding carboxylic acids is 3. The number of piperidine rings is 1. The molecule has 0 bridgehead atoms. The SMILES string of the molecule is CCOC(=O)C1CCN(c2ccc(C=C3C(=O)OC(C)(C)OC3=O)cc2)CC1. The minimum Gasteiger partial charge on any atom is -0.466 e. The molecule has 150 valence electrons. The van der Waals surface area contributed by atoms with Gasteiger partial charge >= 0.3 is 17.9 Å². The van der Waals surface area contributed by atoms with Gasteiger partial charge < -0.3 is 19.1 Å². The lowest BCUT2D eigenvalue weighted by atomic mass is 9.96.